The molecule has 0 bridgehead atoms. The lowest BCUT2D eigenvalue weighted by Crippen LogP contribution is -2.05. The Morgan fingerprint density at radius 3 is 2.89 bits per heavy atom. The van der Waals surface area contributed by atoms with E-state index < -0.39 is 0 Å². The number of nitrogens with zero attached hydrogens (tertiary/aromatic N) is 2. The lowest BCUT2D eigenvalue weighted by molar-refractivity contribution is -0.116. The van der Waals surface area contributed by atoms with E-state index in [0.29, 0.717) is 16.3 Å². The SMILES string of the molecule is CC(=O)Cc1ccn(Cc2c(F)cccc2Cl)n1. The maximum absolute atomic E-state index is 13.6. The second-order valence-electron chi connectivity index (χ2n) is 4.08. The molecular weight excluding hydrogens is 255 g/mol. The first kappa shape index (κ1) is 12.8. The minimum absolute atomic E-state index is 0.0455. The van der Waals surface area contributed by atoms with E-state index in [1.54, 1.807) is 29.1 Å². The van der Waals surface area contributed by atoms with E-state index in [2.05, 4.69) is 5.10 Å². The van der Waals surface area contributed by atoms with Crippen molar-refractivity contribution in [2.45, 2.75) is 19.9 Å². The van der Waals surface area contributed by atoms with Crippen LogP contribution in [0.2, 0.25) is 5.02 Å². The number of halogens is 2. The second-order valence-corrected chi connectivity index (χ2v) is 4.49. The standard InChI is InChI=1S/C13H12ClFN2O/c1-9(18)7-10-5-6-17(16-10)8-11-12(14)3-2-4-13(11)15/h2-6H,7-8H2,1H3. The summed E-state index contributed by atoms with van der Waals surface area (Å²) in [6.07, 6.45) is 2.00. The normalized spacial score (nSPS) is 10.6. The van der Waals surface area contributed by atoms with Gasteiger partial charge in [0.05, 0.1) is 18.7 Å². The summed E-state index contributed by atoms with van der Waals surface area (Å²) in [5, 5.41) is 4.57. The Morgan fingerprint density at radius 1 is 1.44 bits per heavy atom. The molecule has 0 aliphatic rings. The van der Waals surface area contributed by atoms with Crippen molar-refractivity contribution in [1.29, 1.82) is 0 Å². The van der Waals surface area contributed by atoms with Crippen molar-refractivity contribution >= 4 is 17.4 Å². The van der Waals surface area contributed by atoms with Crippen molar-refractivity contribution in [2.75, 3.05) is 0 Å². The van der Waals surface area contributed by atoms with Gasteiger partial charge in [-0.25, -0.2) is 4.39 Å². The van der Waals surface area contributed by atoms with E-state index in [0.717, 1.165) is 0 Å². The first-order chi connectivity index (χ1) is 8.56. The topological polar surface area (TPSA) is 34.9 Å². The van der Waals surface area contributed by atoms with Crippen molar-refractivity contribution in [3.8, 4) is 0 Å². The summed E-state index contributed by atoms with van der Waals surface area (Å²) in [6.45, 7) is 1.76. The summed E-state index contributed by atoms with van der Waals surface area (Å²) in [6, 6.07) is 6.31. The largest absolute Gasteiger partial charge is 0.300 e. The molecule has 0 spiro atoms. The van der Waals surface area contributed by atoms with Crippen LogP contribution in [0.1, 0.15) is 18.2 Å². The fourth-order valence-electron chi connectivity index (χ4n) is 1.69. The van der Waals surface area contributed by atoms with Crippen LogP contribution >= 0.6 is 11.6 Å². The second kappa shape index (κ2) is 5.31. The predicted molar refractivity (Wildman–Crippen MR) is 67.1 cm³/mol. The monoisotopic (exact) mass is 266 g/mol. The van der Waals surface area contributed by atoms with Gasteiger partial charge in [-0.15, -0.1) is 0 Å². The average Bonchev–Trinajstić information content (AvgIpc) is 2.70. The molecule has 0 saturated carbocycles. The number of carbonyl (C=O) groups excluding carboxylic acids is 1. The van der Waals surface area contributed by atoms with Gasteiger partial charge in [-0.05, 0) is 25.1 Å². The van der Waals surface area contributed by atoms with E-state index in [1.165, 1.54) is 13.0 Å². The summed E-state index contributed by atoms with van der Waals surface area (Å²) in [7, 11) is 0. The van der Waals surface area contributed by atoms with E-state index >= 15 is 0 Å². The highest BCUT2D eigenvalue weighted by atomic mass is 35.5. The highest BCUT2D eigenvalue weighted by Crippen LogP contribution is 2.19. The molecule has 0 N–H and O–H groups in total. The number of benzene rings is 1. The highest BCUT2D eigenvalue weighted by Gasteiger charge is 2.09. The molecule has 0 aliphatic heterocycles. The Labute approximate surface area is 109 Å². The van der Waals surface area contributed by atoms with Crippen molar-refractivity contribution in [3.63, 3.8) is 0 Å². The number of rotatable bonds is 4. The third kappa shape index (κ3) is 2.96. The van der Waals surface area contributed by atoms with Crippen LogP contribution in [-0.4, -0.2) is 15.6 Å². The lowest BCUT2D eigenvalue weighted by atomic mass is 10.2. The summed E-state index contributed by atoms with van der Waals surface area (Å²) >= 11 is 5.94. The molecule has 0 saturated heterocycles. The van der Waals surface area contributed by atoms with Gasteiger partial charge in [-0.2, -0.15) is 5.10 Å². The molecule has 0 amide bonds. The van der Waals surface area contributed by atoms with Gasteiger partial charge < -0.3 is 0 Å². The zero-order chi connectivity index (χ0) is 13.1. The van der Waals surface area contributed by atoms with Crippen molar-refractivity contribution in [3.05, 3.63) is 52.6 Å². The van der Waals surface area contributed by atoms with Gasteiger partial charge in [0.1, 0.15) is 11.6 Å². The van der Waals surface area contributed by atoms with Crippen molar-refractivity contribution in [1.82, 2.24) is 9.78 Å². The Bertz CT molecular complexity index is 560. The van der Waals surface area contributed by atoms with Gasteiger partial charge in [0.25, 0.3) is 0 Å². The molecule has 2 rings (SSSR count). The van der Waals surface area contributed by atoms with Crippen LogP contribution in [0.3, 0.4) is 0 Å². The molecule has 0 aliphatic carbocycles. The number of hydrogen-bond donors (Lipinski definition) is 0. The number of hydrogen-bond acceptors (Lipinski definition) is 2. The van der Waals surface area contributed by atoms with Gasteiger partial charge in [0, 0.05) is 16.8 Å². The van der Waals surface area contributed by atoms with Gasteiger partial charge in [-0.3, -0.25) is 9.48 Å². The zero-order valence-electron chi connectivity index (χ0n) is 9.86. The van der Waals surface area contributed by atoms with Crippen LogP contribution in [0, 0.1) is 5.82 Å². The van der Waals surface area contributed by atoms with Crippen LogP contribution in [0.4, 0.5) is 4.39 Å². The fraction of sp³-hybridized carbons (Fsp3) is 0.231. The quantitative estimate of drug-likeness (QED) is 0.853. The minimum atomic E-state index is -0.355. The molecule has 0 unspecified atom stereocenters. The number of ketones is 1. The third-order valence-electron chi connectivity index (χ3n) is 2.51. The summed E-state index contributed by atoms with van der Waals surface area (Å²) < 4.78 is 15.1. The van der Waals surface area contributed by atoms with Crippen LogP contribution in [0.5, 0.6) is 0 Å². The molecule has 1 heterocycles. The zero-order valence-corrected chi connectivity index (χ0v) is 10.6. The molecule has 94 valence electrons. The van der Waals surface area contributed by atoms with Crippen molar-refractivity contribution < 1.29 is 9.18 Å². The van der Waals surface area contributed by atoms with Crippen LogP contribution in [0.25, 0.3) is 0 Å². The molecule has 5 heteroatoms. The smallest absolute Gasteiger partial charge is 0.135 e. The molecule has 2 aromatic rings. The van der Waals surface area contributed by atoms with Crippen LogP contribution in [0.15, 0.2) is 30.5 Å². The Morgan fingerprint density at radius 2 is 2.22 bits per heavy atom. The van der Waals surface area contributed by atoms with Gasteiger partial charge >= 0.3 is 0 Å². The minimum Gasteiger partial charge on any atom is -0.300 e. The fourth-order valence-corrected chi connectivity index (χ4v) is 1.91. The Hall–Kier alpha value is -1.68. The van der Waals surface area contributed by atoms with E-state index in [1.807, 2.05) is 0 Å². The predicted octanol–water partition coefficient (Wildman–Crippen LogP) is 2.86. The molecule has 1 aromatic carbocycles. The first-order valence-electron chi connectivity index (χ1n) is 5.51. The van der Waals surface area contributed by atoms with Gasteiger partial charge in [0.2, 0.25) is 0 Å². The Balaban J connectivity index is 2.19. The van der Waals surface area contributed by atoms with E-state index in [9.17, 15) is 9.18 Å². The summed E-state index contributed by atoms with van der Waals surface area (Å²) in [4.78, 5) is 11.0. The molecular formula is C13H12ClFN2O. The highest BCUT2D eigenvalue weighted by molar-refractivity contribution is 6.31. The first-order valence-corrected chi connectivity index (χ1v) is 5.88. The molecule has 18 heavy (non-hydrogen) atoms. The van der Waals surface area contributed by atoms with E-state index in [4.69, 9.17) is 11.6 Å². The van der Waals surface area contributed by atoms with Gasteiger partial charge in [0.15, 0.2) is 0 Å². The molecule has 3 nitrogen and oxygen atoms in total. The average molecular weight is 267 g/mol. The Kier molecular flexibility index (Phi) is 3.77. The molecule has 0 radical (unpaired) electrons. The molecule has 1 aromatic heterocycles. The summed E-state index contributed by atoms with van der Waals surface area (Å²) in [5.41, 5.74) is 1.08. The third-order valence-corrected chi connectivity index (χ3v) is 2.86. The van der Waals surface area contributed by atoms with E-state index in [-0.39, 0.29) is 24.6 Å². The van der Waals surface area contributed by atoms with Crippen LogP contribution < -0.4 is 0 Å². The molecule has 0 atom stereocenters. The van der Waals surface area contributed by atoms with Crippen molar-refractivity contribution in [2.24, 2.45) is 0 Å². The maximum atomic E-state index is 13.6. The summed E-state index contributed by atoms with van der Waals surface area (Å²) in [5.74, 6) is -0.310. The molecule has 0 fully saturated rings. The number of aromatic nitrogens is 2. The number of carbonyl (C=O) groups is 1. The maximum Gasteiger partial charge on any atom is 0.135 e. The lowest BCUT2D eigenvalue weighted by Gasteiger charge is -2.05. The number of Topliss-reactive ketones (excluding diaryl/α,β-unsaturated/α-hetero) is 1. The van der Waals surface area contributed by atoms with Crippen LogP contribution in [-0.2, 0) is 17.8 Å². The van der Waals surface area contributed by atoms with Gasteiger partial charge in [-0.1, -0.05) is 17.7 Å².